The Bertz CT molecular complexity index is 5410. The van der Waals surface area contributed by atoms with Crippen LogP contribution in [0.2, 0.25) is 0 Å². The van der Waals surface area contributed by atoms with Crippen molar-refractivity contribution in [2.45, 2.75) is 169 Å². The number of hydrogen-bond donors (Lipinski definition) is 10. The highest BCUT2D eigenvalue weighted by molar-refractivity contribution is 6.49. The van der Waals surface area contributed by atoms with E-state index in [4.69, 9.17) is 71.1 Å². The molecule has 5 aliphatic heterocycles. The first-order valence-electron chi connectivity index (χ1n) is 49.4. The molecular formula is C104H138N12O33. The Morgan fingerprint density at radius 1 is 0.423 bits per heavy atom. The van der Waals surface area contributed by atoms with Crippen molar-refractivity contribution < 1.29 is 158 Å². The number of unbranched alkanes of at least 4 members (excludes halogenated alkanes) is 2. The highest BCUT2D eigenvalue weighted by Gasteiger charge is 2.47. The Balaban J connectivity index is 0.000000335. The molecule has 0 bridgehead atoms. The lowest BCUT2D eigenvalue weighted by Crippen LogP contribution is -2.53. The lowest BCUT2D eigenvalue weighted by atomic mass is 10.0. The third-order valence-electron chi connectivity index (χ3n) is 23.4. The number of rotatable bonds is 62. The fraction of sp³-hybridized carbons (Fsp3) is 0.510. The lowest BCUT2D eigenvalue weighted by Gasteiger charge is -2.31. The number of anilines is 4. The van der Waals surface area contributed by atoms with Crippen molar-refractivity contribution in [2.24, 2.45) is 11.8 Å². The molecule has 7 atom stereocenters. The molecule has 5 aromatic rings. The minimum atomic E-state index is -1.54. The van der Waals surface area contributed by atoms with Gasteiger partial charge in [0.1, 0.15) is 31.3 Å². The standard InChI is InChI=1S/C56H71N7O17.C48H67N5O16/c1-31(2)48(49(65)57-32(3)4)59-47(64)16-19-76-20-21-79-54(70)58-36-14-12-35(13-15-36)30-80-56(73)63-40-27-46(44(75-8)25-38(40)51(67)61-29-34(6)23-42(61)53(63)69)78-18-11-9-10-17-77-45-26-39-37(24-43(45)74-7)50(66)60-28-33(5)22-41(60)52(68)62(39)55(71)72;1-35(2)44(48(61)50-36(3)47(60)51-39-11-9-38(10-12-39)46(59)45(58)37-7-5-4-6-8-37)52-41(55)16-19-62-21-23-64-25-27-66-29-31-68-33-34-69-32-30-67-28-26-65-24-22-63-20-17-49-40(54)15-18-53-42(56)13-14-43(53)57/h12-15,24-29,31-32,41-42,48,52-53,68-69H,9-11,16-23,30H2,1-8H3,(H,57,65)(H,58,70)(H,59,64)(H,71,72);4-14,35-36,44H,15-34H2,1-3H3,(H,49,54)(H,50,61)(H,51,60)(H,52,55)/t41-,42-,48+,52-,53-;36-,44-/m01/s1. The molecular weight excluding hydrogens is 1950 g/mol. The van der Waals surface area contributed by atoms with Crippen molar-refractivity contribution in [3.8, 4) is 23.0 Å². The highest BCUT2D eigenvalue weighted by Crippen LogP contribution is 2.44. The van der Waals surface area contributed by atoms with E-state index in [0.717, 1.165) is 25.8 Å². The van der Waals surface area contributed by atoms with Gasteiger partial charge in [-0.15, -0.1) is 0 Å². The summed E-state index contributed by atoms with van der Waals surface area (Å²) in [5.74, 6) is -5.01. The van der Waals surface area contributed by atoms with E-state index in [9.17, 15) is 87.2 Å². The summed E-state index contributed by atoms with van der Waals surface area (Å²) < 4.78 is 83.5. The zero-order chi connectivity index (χ0) is 108. The van der Waals surface area contributed by atoms with Crippen LogP contribution in [0.3, 0.4) is 0 Å². The smallest absolute Gasteiger partial charge is 0.416 e. The van der Waals surface area contributed by atoms with E-state index in [2.05, 4.69) is 37.2 Å². The van der Waals surface area contributed by atoms with Gasteiger partial charge >= 0.3 is 18.3 Å². The number of hydrogen-bond acceptors (Lipinski definition) is 32. The molecule has 45 nitrogen and oxygen atoms in total. The number of ether oxygens (including phenoxy) is 15. The number of fused-ring (bicyclic) bond motifs is 4. The predicted octanol–water partition coefficient (Wildman–Crippen LogP) is 7.77. The van der Waals surface area contributed by atoms with Crippen LogP contribution in [0.1, 0.15) is 161 Å². The number of nitrogens with one attached hydrogen (secondary N) is 7. The van der Waals surface area contributed by atoms with Gasteiger partial charge in [-0.05, 0) is 133 Å². The minimum absolute atomic E-state index is 0.0112. The Morgan fingerprint density at radius 2 is 0.839 bits per heavy atom. The maximum Gasteiger partial charge on any atom is 0.416 e. The van der Waals surface area contributed by atoms with E-state index >= 15 is 0 Å². The number of amides is 13. The number of nitrogens with zero attached hydrogens (tertiary/aromatic N) is 5. The van der Waals surface area contributed by atoms with Crippen LogP contribution in [0.25, 0.3) is 0 Å². The number of benzene rings is 5. The van der Waals surface area contributed by atoms with Crippen LogP contribution in [0.4, 0.5) is 37.1 Å². The Kier molecular flexibility index (Phi) is 49.2. The number of carbonyl (C=O) groups is 15. The van der Waals surface area contributed by atoms with Crippen molar-refractivity contribution in [1.29, 1.82) is 0 Å². The molecule has 0 radical (unpaired) electrons. The molecule has 0 spiro atoms. The molecule has 5 heterocycles. The molecule has 10 N–H and O–H groups in total. The number of methoxy groups -OCH3 is 2. The molecule has 149 heavy (non-hydrogen) atoms. The molecule has 10 rings (SSSR count). The van der Waals surface area contributed by atoms with Crippen molar-refractivity contribution in [2.75, 3.05) is 186 Å². The van der Waals surface area contributed by atoms with Gasteiger partial charge in [-0.25, -0.2) is 24.2 Å². The monoisotopic (exact) mass is 2080 g/mol. The van der Waals surface area contributed by atoms with Crippen molar-refractivity contribution >= 4 is 112 Å². The summed E-state index contributed by atoms with van der Waals surface area (Å²) in [6.07, 6.45) is 1.66. The van der Waals surface area contributed by atoms with Gasteiger partial charge < -0.3 is 128 Å². The molecule has 0 saturated heterocycles. The largest absolute Gasteiger partial charge is 0.493 e. The summed E-state index contributed by atoms with van der Waals surface area (Å²) in [7, 11) is 2.81. The van der Waals surface area contributed by atoms with Crippen LogP contribution < -0.4 is 66.0 Å². The quantitative estimate of drug-likeness (QED) is 0.00768. The lowest BCUT2D eigenvalue weighted by molar-refractivity contribution is -0.137. The zero-order valence-electron chi connectivity index (χ0n) is 85.9. The highest BCUT2D eigenvalue weighted by atomic mass is 16.6. The third-order valence-corrected chi connectivity index (χ3v) is 23.4. The minimum Gasteiger partial charge on any atom is -0.493 e. The van der Waals surface area contributed by atoms with Gasteiger partial charge in [0.05, 0.1) is 181 Å². The Morgan fingerprint density at radius 3 is 1.29 bits per heavy atom. The fourth-order valence-electron chi connectivity index (χ4n) is 15.7. The van der Waals surface area contributed by atoms with Crippen LogP contribution in [-0.4, -0.2) is 334 Å². The molecule has 5 aliphatic rings. The summed E-state index contributed by atoms with van der Waals surface area (Å²) in [4.78, 5) is 196. The van der Waals surface area contributed by atoms with Crippen LogP contribution in [0.15, 0.2) is 139 Å². The van der Waals surface area contributed by atoms with E-state index in [1.165, 1.54) is 91.6 Å². The van der Waals surface area contributed by atoms with Gasteiger partial charge in [-0.2, -0.15) is 0 Å². The van der Waals surface area contributed by atoms with E-state index < -0.39 is 108 Å². The van der Waals surface area contributed by atoms with E-state index in [1.807, 2.05) is 34.6 Å². The normalized spacial score (nSPS) is 16.1. The summed E-state index contributed by atoms with van der Waals surface area (Å²) in [5.41, 5.74) is 3.46. The maximum atomic E-state index is 14.1. The summed E-state index contributed by atoms with van der Waals surface area (Å²) in [6.45, 7) is 22.2. The van der Waals surface area contributed by atoms with Crippen LogP contribution in [0, 0.1) is 11.8 Å². The molecule has 0 fully saturated rings. The second kappa shape index (κ2) is 61.8. The predicted molar refractivity (Wildman–Crippen MR) is 539 cm³/mol. The van der Waals surface area contributed by atoms with Crippen LogP contribution in [0.5, 0.6) is 23.0 Å². The summed E-state index contributed by atoms with van der Waals surface area (Å²) in [5, 5.41) is 52.0. The molecule has 812 valence electrons. The number of carboxylic acid groups (broad SMARTS) is 1. The van der Waals surface area contributed by atoms with Crippen molar-refractivity contribution in [3.05, 3.63) is 167 Å². The van der Waals surface area contributed by atoms with E-state index in [1.54, 1.807) is 87.8 Å². The fourth-order valence-corrected chi connectivity index (χ4v) is 15.7. The molecule has 0 unspecified atom stereocenters. The number of Topliss-reactive ketones (excluding diaryl/α,β-unsaturated/α-hetero) is 2. The molecule has 45 heteroatoms. The van der Waals surface area contributed by atoms with Gasteiger partial charge in [0.2, 0.25) is 47.0 Å². The van der Waals surface area contributed by atoms with Crippen molar-refractivity contribution in [1.82, 2.24) is 41.3 Å². The molecule has 5 aromatic carbocycles. The Labute approximate surface area is 864 Å². The number of carbonyl (C=O) groups excluding carboxylic acids is 14. The average molecular weight is 2080 g/mol. The third kappa shape index (κ3) is 37.4. The first kappa shape index (κ1) is 119. The number of imide groups is 1. The van der Waals surface area contributed by atoms with Crippen molar-refractivity contribution in [3.63, 3.8) is 0 Å². The SMILES string of the molecule is CC(C)[C@@H](NC(=O)CCOCCOCCOCCOCCOCCOCCOCCOCCNC(=O)CCN1C(=O)C=CC1=O)C(=O)N[C@H](C)C(=O)Nc1ccc(C(=O)C(=O)c2ccccc2)cc1.COc1cc2c(cc1OCCCCCOc1cc3c(cc1OC)C(=O)N1C=C(C)C[C@H]1[C@H](O)N3C(=O)OCc1ccc(NC(=O)OCCOCCC(=O)N[C@@H](C(=O)NC(C)C)C(C)C)cc1)N(C(=O)O)[C@@H](O)[C@@H]1CC(C)=CN1C2=O. The molecule has 13 amide bonds. The first-order valence-corrected chi connectivity index (χ1v) is 49.4. The van der Waals surface area contributed by atoms with Gasteiger partial charge in [-0.3, -0.25) is 67.8 Å². The summed E-state index contributed by atoms with van der Waals surface area (Å²) >= 11 is 0. The van der Waals surface area contributed by atoms with Gasteiger partial charge in [0.15, 0.2) is 35.5 Å². The van der Waals surface area contributed by atoms with Gasteiger partial charge in [0, 0.05) is 97.6 Å². The van der Waals surface area contributed by atoms with Crippen LogP contribution in [-0.2, 0) is 97.1 Å². The van der Waals surface area contributed by atoms with Crippen LogP contribution >= 0.6 is 0 Å². The average Bonchev–Trinajstić information content (AvgIpc) is 1.61. The first-order chi connectivity index (χ1) is 71.6. The number of ketones is 2. The van der Waals surface area contributed by atoms with Gasteiger partial charge in [-0.1, -0.05) is 81.3 Å². The van der Waals surface area contributed by atoms with Gasteiger partial charge in [0.25, 0.3) is 23.6 Å². The number of aliphatic hydroxyl groups excluding tert-OH is 2. The second-order valence-electron chi connectivity index (χ2n) is 35.9. The van der Waals surface area contributed by atoms with E-state index in [0.29, 0.717) is 142 Å². The topological polar surface area (TPSA) is 556 Å². The molecule has 0 aromatic heterocycles. The second-order valence-corrected chi connectivity index (χ2v) is 35.9. The maximum absolute atomic E-state index is 14.1. The van der Waals surface area contributed by atoms with E-state index in [-0.39, 0.29) is 183 Å². The Hall–Kier alpha value is -13.9. The summed E-state index contributed by atoms with van der Waals surface area (Å²) in [6, 6.07) is 22.0. The molecule has 0 aliphatic carbocycles. The zero-order valence-corrected chi connectivity index (χ0v) is 85.9. The molecule has 0 saturated carbocycles. The number of aliphatic hydroxyl groups is 2.